The van der Waals surface area contributed by atoms with E-state index in [9.17, 15) is 4.79 Å². The zero-order valence-electron chi connectivity index (χ0n) is 6.77. The summed E-state index contributed by atoms with van der Waals surface area (Å²) >= 11 is 3.25. The molecule has 0 radical (unpaired) electrons. The molecule has 0 aliphatic carbocycles. The fourth-order valence-corrected chi connectivity index (χ4v) is 2.59. The standard InChI is InChI=1S/C9H7NOS2/c11-5-7-6-13-9(10-7)4-8-2-1-3-12-8/h1-3,5-6H,4H2. The molecule has 2 aromatic rings. The van der Waals surface area contributed by atoms with Crippen molar-refractivity contribution in [2.24, 2.45) is 0 Å². The third kappa shape index (κ3) is 2.02. The van der Waals surface area contributed by atoms with Gasteiger partial charge in [-0.05, 0) is 11.4 Å². The molecule has 0 saturated heterocycles. The second-order valence-electron chi connectivity index (χ2n) is 2.54. The summed E-state index contributed by atoms with van der Waals surface area (Å²) in [5, 5.41) is 4.84. The van der Waals surface area contributed by atoms with E-state index in [0.29, 0.717) is 5.69 Å². The first-order chi connectivity index (χ1) is 6.38. The number of rotatable bonds is 3. The Morgan fingerprint density at radius 3 is 3.00 bits per heavy atom. The summed E-state index contributed by atoms with van der Waals surface area (Å²) in [4.78, 5) is 15.8. The van der Waals surface area contributed by atoms with Crippen LogP contribution in [0.5, 0.6) is 0 Å². The van der Waals surface area contributed by atoms with E-state index < -0.39 is 0 Å². The summed E-state index contributed by atoms with van der Waals surface area (Å²) in [6.45, 7) is 0. The van der Waals surface area contributed by atoms with E-state index in [0.717, 1.165) is 17.7 Å². The first kappa shape index (κ1) is 8.59. The van der Waals surface area contributed by atoms with Crippen molar-refractivity contribution >= 4 is 29.0 Å². The topological polar surface area (TPSA) is 30.0 Å². The fourth-order valence-electron chi connectivity index (χ4n) is 1.02. The molecule has 0 spiro atoms. The van der Waals surface area contributed by atoms with E-state index >= 15 is 0 Å². The summed E-state index contributed by atoms with van der Waals surface area (Å²) in [6.07, 6.45) is 1.63. The first-order valence-electron chi connectivity index (χ1n) is 3.80. The van der Waals surface area contributed by atoms with Crippen molar-refractivity contribution in [1.82, 2.24) is 4.98 Å². The molecule has 4 heteroatoms. The number of thiazole rings is 1. The SMILES string of the molecule is O=Cc1csc(Cc2cccs2)n1. The molecular weight excluding hydrogens is 202 g/mol. The van der Waals surface area contributed by atoms with Crippen molar-refractivity contribution in [2.45, 2.75) is 6.42 Å². The van der Waals surface area contributed by atoms with Crippen LogP contribution in [0.1, 0.15) is 20.4 Å². The minimum absolute atomic E-state index is 0.538. The lowest BCUT2D eigenvalue weighted by atomic mass is 10.3. The van der Waals surface area contributed by atoms with Crippen LogP contribution < -0.4 is 0 Å². The van der Waals surface area contributed by atoms with Gasteiger partial charge in [0.25, 0.3) is 0 Å². The van der Waals surface area contributed by atoms with Crippen molar-refractivity contribution in [3.05, 3.63) is 38.5 Å². The number of hydrogen-bond donors (Lipinski definition) is 0. The molecule has 2 heterocycles. The molecule has 13 heavy (non-hydrogen) atoms. The molecular formula is C9H7NOS2. The van der Waals surface area contributed by atoms with Crippen LogP contribution >= 0.6 is 22.7 Å². The van der Waals surface area contributed by atoms with Crippen LogP contribution in [-0.2, 0) is 6.42 Å². The van der Waals surface area contributed by atoms with Gasteiger partial charge >= 0.3 is 0 Å². The van der Waals surface area contributed by atoms with Gasteiger partial charge in [0.2, 0.25) is 0 Å². The Bertz CT molecular complexity index is 391. The molecule has 0 N–H and O–H groups in total. The number of thiophene rings is 1. The molecule has 66 valence electrons. The van der Waals surface area contributed by atoms with Gasteiger partial charge < -0.3 is 0 Å². The van der Waals surface area contributed by atoms with Gasteiger partial charge in [0.1, 0.15) is 5.69 Å². The van der Waals surface area contributed by atoms with Gasteiger partial charge in [-0.1, -0.05) is 6.07 Å². The van der Waals surface area contributed by atoms with Crippen molar-refractivity contribution in [3.63, 3.8) is 0 Å². The number of nitrogens with zero attached hydrogens (tertiary/aromatic N) is 1. The van der Waals surface area contributed by atoms with Crippen LogP contribution in [-0.4, -0.2) is 11.3 Å². The minimum Gasteiger partial charge on any atom is -0.296 e. The van der Waals surface area contributed by atoms with E-state index in [1.54, 1.807) is 16.7 Å². The Morgan fingerprint density at radius 2 is 2.38 bits per heavy atom. The van der Waals surface area contributed by atoms with Gasteiger partial charge in [-0.3, -0.25) is 4.79 Å². The van der Waals surface area contributed by atoms with Crippen LogP contribution in [0.25, 0.3) is 0 Å². The number of carbonyl (C=O) groups excluding carboxylic acids is 1. The summed E-state index contributed by atoms with van der Waals surface area (Å²) in [6, 6.07) is 4.10. The monoisotopic (exact) mass is 209 g/mol. The first-order valence-corrected chi connectivity index (χ1v) is 5.56. The molecule has 0 aromatic carbocycles. The highest BCUT2D eigenvalue weighted by atomic mass is 32.1. The zero-order valence-corrected chi connectivity index (χ0v) is 8.40. The molecule has 0 atom stereocenters. The predicted octanol–water partition coefficient (Wildman–Crippen LogP) is 2.61. The lowest BCUT2D eigenvalue weighted by Crippen LogP contribution is -1.84. The highest BCUT2D eigenvalue weighted by Gasteiger charge is 2.02. The van der Waals surface area contributed by atoms with E-state index in [2.05, 4.69) is 11.1 Å². The highest BCUT2D eigenvalue weighted by molar-refractivity contribution is 7.11. The lowest BCUT2D eigenvalue weighted by molar-refractivity contribution is 0.111. The predicted molar refractivity (Wildman–Crippen MR) is 54.6 cm³/mol. The van der Waals surface area contributed by atoms with Gasteiger partial charge in [0.15, 0.2) is 6.29 Å². The summed E-state index contributed by atoms with van der Waals surface area (Å²) < 4.78 is 0. The maximum absolute atomic E-state index is 10.4. The Morgan fingerprint density at radius 1 is 1.46 bits per heavy atom. The van der Waals surface area contributed by atoms with Crippen LogP contribution in [0.4, 0.5) is 0 Å². The largest absolute Gasteiger partial charge is 0.296 e. The minimum atomic E-state index is 0.538. The third-order valence-electron chi connectivity index (χ3n) is 1.60. The maximum atomic E-state index is 10.4. The van der Waals surface area contributed by atoms with E-state index in [4.69, 9.17) is 0 Å². The van der Waals surface area contributed by atoms with E-state index in [1.165, 1.54) is 16.2 Å². The van der Waals surface area contributed by atoms with Crippen LogP contribution in [0.3, 0.4) is 0 Å². The Labute approximate surface area is 83.9 Å². The third-order valence-corrected chi connectivity index (χ3v) is 3.34. The van der Waals surface area contributed by atoms with Crippen molar-refractivity contribution in [1.29, 1.82) is 0 Å². The fraction of sp³-hybridized carbons (Fsp3) is 0.111. The maximum Gasteiger partial charge on any atom is 0.169 e. The van der Waals surface area contributed by atoms with Crippen molar-refractivity contribution in [3.8, 4) is 0 Å². The second kappa shape index (κ2) is 3.81. The average molecular weight is 209 g/mol. The zero-order chi connectivity index (χ0) is 9.10. The quantitative estimate of drug-likeness (QED) is 0.727. The molecule has 0 unspecified atom stereocenters. The number of hydrogen-bond acceptors (Lipinski definition) is 4. The number of aromatic nitrogens is 1. The molecule has 2 aromatic heterocycles. The summed E-state index contributed by atoms with van der Waals surface area (Å²) in [5.41, 5.74) is 0.538. The summed E-state index contributed by atoms with van der Waals surface area (Å²) in [7, 11) is 0. The van der Waals surface area contributed by atoms with E-state index in [1.807, 2.05) is 11.4 Å². The second-order valence-corrected chi connectivity index (χ2v) is 4.52. The van der Waals surface area contributed by atoms with Crippen LogP contribution in [0.2, 0.25) is 0 Å². The number of carbonyl (C=O) groups is 1. The van der Waals surface area contributed by atoms with Crippen LogP contribution in [0, 0.1) is 0 Å². The molecule has 0 aliphatic rings. The van der Waals surface area contributed by atoms with Gasteiger partial charge in [0.05, 0.1) is 5.01 Å². The molecule has 0 fully saturated rings. The van der Waals surface area contributed by atoms with Gasteiger partial charge in [-0.15, -0.1) is 22.7 Å². The molecule has 0 aliphatic heterocycles. The molecule has 0 amide bonds. The van der Waals surface area contributed by atoms with E-state index in [-0.39, 0.29) is 0 Å². The van der Waals surface area contributed by atoms with Crippen LogP contribution in [0.15, 0.2) is 22.9 Å². The average Bonchev–Trinajstić information content (AvgIpc) is 2.76. The molecule has 2 rings (SSSR count). The Balaban J connectivity index is 2.14. The Hall–Kier alpha value is -1.00. The number of aldehydes is 1. The molecule has 0 bridgehead atoms. The molecule has 0 saturated carbocycles. The molecule has 2 nitrogen and oxygen atoms in total. The smallest absolute Gasteiger partial charge is 0.169 e. The van der Waals surface area contributed by atoms with Gasteiger partial charge in [-0.2, -0.15) is 0 Å². The summed E-state index contributed by atoms with van der Waals surface area (Å²) in [5.74, 6) is 0. The lowest BCUT2D eigenvalue weighted by Gasteiger charge is -1.89. The van der Waals surface area contributed by atoms with Gasteiger partial charge in [0, 0.05) is 16.7 Å². The van der Waals surface area contributed by atoms with Crippen molar-refractivity contribution in [2.75, 3.05) is 0 Å². The normalized spacial score (nSPS) is 10.2. The van der Waals surface area contributed by atoms with Crippen molar-refractivity contribution < 1.29 is 4.79 Å². The highest BCUT2D eigenvalue weighted by Crippen LogP contribution is 2.17. The van der Waals surface area contributed by atoms with Gasteiger partial charge in [-0.25, -0.2) is 4.98 Å². The Kier molecular flexibility index (Phi) is 2.52.